The van der Waals surface area contributed by atoms with Crippen molar-refractivity contribution in [3.05, 3.63) is 44.8 Å². The van der Waals surface area contributed by atoms with Crippen molar-refractivity contribution in [3.63, 3.8) is 0 Å². The maximum absolute atomic E-state index is 12.5. The fourth-order valence-corrected chi connectivity index (χ4v) is 3.34. The summed E-state index contributed by atoms with van der Waals surface area (Å²) in [4.78, 5) is 21.7. The summed E-state index contributed by atoms with van der Waals surface area (Å²) < 4.78 is 6.84. The largest absolute Gasteiger partial charge is 0.378 e. The molecule has 3 heterocycles. The highest BCUT2D eigenvalue weighted by atomic mass is 35.5. The average Bonchev–Trinajstić information content (AvgIpc) is 3.05. The minimum atomic E-state index is -0.270. The van der Waals surface area contributed by atoms with Crippen LogP contribution in [-0.2, 0) is 4.74 Å². The molecule has 0 amide bonds. The van der Waals surface area contributed by atoms with Gasteiger partial charge in [-0.2, -0.15) is 10.2 Å². The number of aromatic nitrogens is 4. The van der Waals surface area contributed by atoms with Crippen molar-refractivity contribution in [1.82, 2.24) is 19.7 Å². The number of anilines is 1. The molecule has 0 bridgehead atoms. The Morgan fingerprint density at radius 3 is 2.85 bits per heavy atom. The lowest BCUT2D eigenvalue weighted by atomic mass is 10.1. The quantitative estimate of drug-likeness (QED) is 0.738. The van der Waals surface area contributed by atoms with E-state index < -0.39 is 0 Å². The number of nitrogens with zero attached hydrogens (tertiary/aromatic N) is 5. The topological polar surface area (TPSA) is 99.8 Å². The summed E-state index contributed by atoms with van der Waals surface area (Å²) in [6.07, 6.45) is 1.58. The third-order valence-electron chi connectivity index (χ3n) is 4.30. The Morgan fingerprint density at radius 2 is 2.12 bits per heavy atom. The highest BCUT2D eigenvalue weighted by molar-refractivity contribution is 6.30. The van der Waals surface area contributed by atoms with Crippen LogP contribution >= 0.6 is 11.6 Å². The Labute approximate surface area is 153 Å². The first-order chi connectivity index (χ1) is 12.6. The Kier molecular flexibility index (Phi) is 4.11. The fourth-order valence-electron chi connectivity index (χ4n) is 3.07. The van der Waals surface area contributed by atoms with E-state index in [4.69, 9.17) is 16.3 Å². The minimum absolute atomic E-state index is 0.270. The van der Waals surface area contributed by atoms with E-state index in [1.54, 1.807) is 18.3 Å². The molecule has 0 unspecified atom stereocenters. The van der Waals surface area contributed by atoms with Crippen LogP contribution in [0.2, 0.25) is 5.02 Å². The third-order valence-corrected chi connectivity index (χ3v) is 4.52. The average molecular weight is 371 g/mol. The third kappa shape index (κ3) is 2.81. The molecule has 1 fully saturated rings. The highest BCUT2D eigenvalue weighted by Crippen LogP contribution is 2.24. The van der Waals surface area contributed by atoms with Crippen LogP contribution in [0.25, 0.3) is 16.7 Å². The number of aryl methyl sites for hydroxylation is 1. The van der Waals surface area contributed by atoms with Gasteiger partial charge >= 0.3 is 0 Å². The summed E-state index contributed by atoms with van der Waals surface area (Å²) in [6, 6.07) is 5.45. The Bertz CT molecular complexity index is 1090. The lowest BCUT2D eigenvalue weighted by molar-refractivity contribution is 0.122. The molecule has 0 aliphatic carbocycles. The maximum Gasteiger partial charge on any atom is 0.263 e. The molecule has 3 aromatic rings. The zero-order valence-corrected chi connectivity index (χ0v) is 14.7. The number of hydrogen-bond acceptors (Lipinski definition) is 6. The number of ether oxygens (including phenoxy) is 1. The van der Waals surface area contributed by atoms with Gasteiger partial charge in [0.25, 0.3) is 5.56 Å². The first-order valence-electron chi connectivity index (χ1n) is 8.10. The molecule has 0 atom stereocenters. The Hall–Kier alpha value is -2.89. The molecule has 4 rings (SSSR count). The molecule has 26 heavy (non-hydrogen) atoms. The van der Waals surface area contributed by atoms with Crippen molar-refractivity contribution >= 4 is 28.6 Å². The molecule has 0 spiro atoms. The first-order valence-corrected chi connectivity index (χ1v) is 8.47. The lowest BCUT2D eigenvalue weighted by Gasteiger charge is -2.26. The standard InChI is InChI=1S/C17H15ClN6O2/c1-10-6-12(18)7-11(8-19)14(10)24-9-13-15(22-24)20-17(21-16(13)25)23-2-4-26-5-3-23/h6-7,9H,2-5H2,1H3,(H,20,21,22,25). The number of nitriles is 1. The normalized spacial score (nSPS) is 14.6. The minimum Gasteiger partial charge on any atom is -0.378 e. The van der Waals surface area contributed by atoms with Crippen molar-refractivity contribution < 1.29 is 4.74 Å². The highest BCUT2D eigenvalue weighted by Gasteiger charge is 2.18. The molecule has 8 nitrogen and oxygen atoms in total. The van der Waals surface area contributed by atoms with Gasteiger partial charge in [0.05, 0.1) is 24.5 Å². The maximum atomic E-state index is 12.5. The van der Waals surface area contributed by atoms with Gasteiger partial charge in [0, 0.05) is 24.3 Å². The number of benzene rings is 1. The number of H-pyrrole nitrogens is 1. The van der Waals surface area contributed by atoms with Crippen LogP contribution in [0.1, 0.15) is 11.1 Å². The summed E-state index contributed by atoms with van der Waals surface area (Å²) in [5, 5.41) is 14.7. The van der Waals surface area contributed by atoms with Crippen molar-refractivity contribution in [2.24, 2.45) is 0 Å². The molecular weight excluding hydrogens is 356 g/mol. The van der Waals surface area contributed by atoms with Gasteiger partial charge in [-0.25, -0.2) is 4.68 Å². The number of morpholine rings is 1. The van der Waals surface area contributed by atoms with E-state index in [0.29, 0.717) is 59.6 Å². The Morgan fingerprint density at radius 1 is 1.35 bits per heavy atom. The van der Waals surface area contributed by atoms with Gasteiger partial charge in [-0.1, -0.05) is 11.6 Å². The molecule has 1 aliphatic rings. The summed E-state index contributed by atoms with van der Waals surface area (Å²) in [6.45, 7) is 4.33. The van der Waals surface area contributed by atoms with Crippen LogP contribution in [-0.4, -0.2) is 46.1 Å². The lowest BCUT2D eigenvalue weighted by Crippen LogP contribution is -2.38. The molecule has 1 aliphatic heterocycles. The predicted molar refractivity (Wildman–Crippen MR) is 97.0 cm³/mol. The van der Waals surface area contributed by atoms with E-state index in [9.17, 15) is 10.1 Å². The van der Waals surface area contributed by atoms with Crippen molar-refractivity contribution in [1.29, 1.82) is 5.26 Å². The van der Waals surface area contributed by atoms with Crippen LogP contribution < -0.4 is 10.5 Å². The Balaban J connectivity index is 1.86. The van der Waals surface area contributed by atoms with Gasteiger partial charge in [-0.3, -0.25) is 9.78 Å². The van der Waals surface area contributed by atoms with Crippen molar-refractivity contribution in [2.45, 2.75) is 6.92 Å². The van der Waals surface area contributed by atoms with E-state index in [-0.39, 0.29) is 5.56 Å². The number of rotatable bonds is 2. The first kappa shape index (κ1) is 16.6. The van der Waals surface area contributed by atoms with Gasteiger partial charge in [-0.15, -0.1) is 5.10 Å². The monoisotopic (exact) mass is 370 g/mol. The number of nitrogens with one attached hydrogen (secondary N) is 1. The summed E-state index contributed by atoms with van der Waals surface area (Å²) >= 11 is 6.04. The van der Waals surface area contributed by atoms with Crippen molar-refractivity contribution in [3.8, 4) is 11.8 Å². The SMILES string of the molecule is Cc1cc(Cl)cc(C#N)c1-n1cc2c(=O)[nH]c(N3CCOCC3)nc2n1. The molecule has 0 saturated carbocycles. The van der Waals surface area contributed by atoms with Gasteiger partial charge in [0.15, 0.2) is 5.65 Å². The fraction of sp³-hybridized carbons (Fsp3) is 0.294. The zero-order valence-electron chi connectivity index (χ0n) is 14.0. The van der Waals surface area contributed by atoms with E-state index in [1.807, 2.05) is 11.8 Å². The van der Waals surface area contributed by atoms with E-state index in [0.717, 1.165) is 5.56 Å². The van der Waals surface area contributed by atoms with Crippen LogP contribution in [0.5, 0.6) is 0 Å². The molecular formula is C17H15ClN6O2. The number of fused-ring (bicyclic) bond motifs is 1. The van der Waals surface area contributed by atoms with Crippen LogP contribution in [0.3, 0.4) is 0 Å². The number of hydrogen-bond donors (Lipinski definition) is 1. The molecule has 9 heteroatoms. The molecule has 0 radical (unpaired) electrons. The van der Waals surface area contributed by atoms with Crippen LogP contribution in [0.15, 0.2) is 23.1 Å². The van der Waals surface area contributed by atoms with Gasteiger partial charge in [-0.05, 0) is 24.6 Å². The molecule has 132 valence electrons. The van der Waals surface area contributed by atoms with Gasteiger partial charge in [0.1, 0.15) is 11.5 Å². The van der Waals surface area contributed by atoms with E-state index in [2.05, 4.69) is 21.1 Å². The van der Waals surface area contributed by atoms with Crippen molar-refractivity contribution in [2.75, 3.05) is 31.2 Å². The molecule has 1 aromatic carbocycles. The molecule has 2 aromatic heterocycles. The number of halogens is 1. The van der Waals surface area contributed by atoms with E-state index in [1.165, 1.54) is 4.68 Å². The molecule has 1 N–H and O–H groups in total. The smallest absolute Gasteiger partial charge is 0.263 e. The zero-order chi connectivity index (χ0) is 18.3. The summed E-state index contributed by atoms with van der Waals surface area (Å²) in [5.74, 6) is 0.476. The predicted octanol–water partition coefficient (Wildman–Crippen LogP) is 1.78. The van der Waals surface area contributed by atoms with Gasteiger partial charge < -0.3 is 9.64 Å². The second kappa shape index (κ2) is 6.44. The van der Waals surface area contributed by atoms with Crippen LogP contribution in [0, 0.1) is 18.3 Å². The van der Waals surface area contributed by atoms with E-state index >= 15 is 0 Å². The van der Waals surface area contributed by atoms with Gasteiger partial charge in [0.2, 0.25) is 5.95 Å². The van der Waals surface area contributed by atoms with Crippen LogP contribution in [0.4, 0.5) is 5.95 Å². The second-order valence-electron chi connectivity index (χ2n) is 6.03. The number of aromatic amines is 1. The second-order valence-corrected chi connectivity index (χ2v) is 6.47. The summed E-state index contributed by atoms with van der Waals surface area (Å²) in [7, 11) is 0. The molecule has 1 saturated heterocycles. The summed E-state index contributed by atoms with van der Waals surface area (Å²) in [5.41, 5.74) is 1.81.